The summed E-state index contributed by atoms with van der Waals surface area (Å²) in [6, 6.07) is 4.98. The number of halogens is 3. The molecular weight excluding hydrogens is 267 g/mol. The van der Waals surface area contributed by atoms with Crippen molar-refractivity contribution in [2.45, 2.75) is 19.5 Å². The van der Waals surface area contributed by atoms with Gasteiger partial charge < -0.3 is 10.6 Å². The maximum absolute atomic E-state index is 12.7. The molecule has 1 aromatic heterocycles. The van der Waals surface area contributed by atoms with Gasteiger partial charge in [0.15, 0.2) is 0 Å². The fourth-order valence-electron chi connectivity index (χ4n) is 2.25. The Bertz CT molecular complexity index is 596. The predicted octanol–water partition coefficient (Wildman–Crippen LogP) is 3.60. The van der Waals surface area contributed by atoms with Gasteiger partial charge in [0.1, 0.15) is 6.54 Å². The van der Waals surface area contributed by atoms with Crippen molar-refractivity contribution in [2.24, 2.45) is 0 Å². The first kappa shape index (κ1) is 14.4. The zero-order valence-corrected chi connectivity index (χ0v) is 11.1. The lowest BCUT2D eigenvalue weighted by Crippen LogP contribution is -2.35. The van der Waals surface area contributed by atoms with E-state index in [1.165, 1.54) is 4.90 Å². The van der Waals surface area contributed by atoms with Gasteiger partial charge in [0.2, 0.25) is 0 Å². The molecule has 20 heavy (non-hydrogen) atoms. The van der Waals surface area contributed by atoms with E-state index >= 15 is 0 Å². The zero-order chi connectivity index (χ0) is 14.8. The van der Waals surface area contributed by atoms with Crippen molar-refractivity contribution in [3.63, 3.8) is 0 Å². The maximum atomic E-state index is 12.7. The van der Waals surface area contributed by atoms with Gasteiger partial charge in [-0.15, -0.1) is 0 Å². The average molecular weight is 283 g/mol. The lowest BCUT2D eigenvalue weighted by atomic mass is 10.1. The normalized spacial score (nSPS) is 11.8. The van der Waals surface area contributed by atoms with Crippen molar-refractivity contribution in [1.82, 2.24) is 4.98 Å². The van der Waals surface area contributed by atoms with Crippen molar-refractivity contribution >= 4 is 22.1 Å². The second-order valence-electron chi connectivity index (χ2n) is 4.63. The minimum absolute atomic E-state index is 0.327. The summed E-state index contributed by atoms with van der Waals surface area (Å²) in [6.45, 7) is 1.20. The molecule has 0 aliphatic carbocycles. The second kappa shape index (κ2) is 5.56. The lowest BCUT2D eigenvalue weighted by Gasteiger charge is -2.27. The number of nitrogen functional groups attached to an aromatic ring is 1. The summed E-state index contributed by atoms with van der Waals surface area (Å²) < 4.78 is 38.1. The first-order valence-corrected chi connectivity index (χ1v) is 6.36. The summed E-state index contributed by atoms with van der Waals surface area (Å²) in [4.78, 5) is 5.31. The Balaban J connectivity index is 2.51. The van der Waals surface area contributed by atoms with E-state index in [4.69, 9.17) is 5.73 Å². The molecule has 0 saturated carbocycles. The van der Waals surface area contributed by atoms with Crippen LogP contribution < -0.4 is 10.6 Å². The van der Waals surface area contributed by atoms with E-state index in [1.54, 1.807) is 30.6 Å². The number of aromatic nitrogens is 1. The van der Waals surface area contributed by atoms with Crippen LogP contribution in [0.25, 0.3) is 10.8 Å². The molecule has 0 spiro atoms. The number of alkyl halides is 3. The van der Waals surface area contributed by atoms with Crippen molar-refractivity contribution in [1.29, 1.82) is 0 Å². The van der Waals surface area contributed by atoms with Crippen LogP contribution in [0, 0.1) is 0 Å². The number of anilines is 2. The molecule has 2 aromatic rings. The van der Waals surface area contributed by atoms with Crippen LogP contribution >= 0.6 is 0 Å². The Hall–Kier alpha value is -1.98. The van der Waals surface area contributed by atoms with Crippen LogP contribution in [-0.2, 0) is 0 Å². The molecule has 0 aliphatic heterocycles. The number of fused-ring (bicyclic) bond motifs is 1. The molecule has 1 aromatic carbocycles. The van der Waals surface area contributed by atoms with Gasteiger partial charge >= 0.3 is 6.18 Å². The van der Waals surface area contributed by atoms with Crippen molar-refractivity contribution in [2.75, 3.05) is 23.7 Å². The molecule has 2 N–H and O–H groups in total. The SMILES string of the molecule is CCCN(CC(F)(F)F)c1ccc(N)c2ccncc12. The average Bonchev–Trinajstić information content (AvgIpc) is 2.37. The van der Waals surface area contributed by atoms with Gasteiger partial charge in [-0.2, -0.15) is 13.2 Å². The molecule has 0 saturated heterocycles. The van der Waals surface area contributed by atoms with Crippen LogP contribution in [0.4, 0.5) is 24.5 Å². The highest BCUT2D eigenvalue weighted by Crippen LogP contribution is 2.32. The number of nitrogens with two attached hydrogens (primary N) is 1. The van der Waals surface area contributed by atoms with E-state index in [0.717, 1.165) is 5.39 Å². The summed E-state index contributed by atoms with van der Waals surface area (Å²) >= 11 is 0. The fourth-order valence-corrected chi connectivity index (χ4v) is 2.25. The van der Waals surface area contributed by atoms with Crippen LogP contribution in [0.3, 0.4) is 0 Å². The molecule has 0 aliphatic rings. The van der Waals surface area contributed by atoms with Crippen LogP contribution in [0.2, 0.25) is 0 Å². The number of hydrogen-bond donors (Lipinski definition) is 1. The Labute approximate surface area is 115 Å². The van der Waals surface area contributed by atoms with E-state index in [-0.39, 0.29) is 0 Å². The third-order valence-corrected chi connectivity index (χ3v) is 3.03. The first-order chi connectivity index (χ1) is 9.42. The minimum Gasteiger partial charge on any atom is -0.398 e. The van der Waals surface area contributed by atoms with Gasteiger partial charge in [-0.05, 0) is 24.6 Å². The third kappa shape index (κ3) is 3.12. The largest absolute Gasteiger partial charge is 0.405 e. The van der Waals surface area contributed by atoms with Crippen molar-refractivity contribution in [3.05, 3.63) is 30.6 Å². The van der Waals surface area contributed by atoms with Gasteiger partial charge in [0.25, 0.3) is 0 Å². The molecule has 0 amide bonds. The minimum atomic E-state index is -4.24. The number of pyridine rings is 1. The lowest BCUT2D eigenvalue weighted by molar-refractivity contribution is -0.119. The van der Waals surface area contributed by atoms with Gasteiger partial charge in [0.05, 0.1) is 0 Å². The quantitative estimate of drug-likeness (QED) is 0.872. The molecule has 0 fully saturated rings. The highest BCUT2D eigenvalue weighted by Gasteiger charge is 2.31. The van der Waals surface area contributed by atoms with E-state index in [0.29, 0.717) is 29.7 Å². The third-order valence-electron chi connectivity index (χ3n) is 3.03. The summed E-state index contributed by atoms with van der Waals surface area (Å²) in [5, 5.41) is 1.37. The first-order valence-electron chi connectivity index (χ1n) is 6.36. The van der Waals surface area contributed by atoms with E-state index in [2.05, 4.69) is 4.98 Å². The Morgan fingerprint density at radius 2 is 1.95 bits per heavy atom. The van der Waals surface area contributed by atoms with Gasteiger partial charge in [-0.25, -0.2) is 0 Å². The molecule has 6 heteroatoms. The molecule has 3 nitrogen and oxygen atoms in total. The van der Waals surface area contributed by atoms with Crippen LogP contribution in [-0.4, -0.2) is 24.2 Å². The molecular formula is C14H16F3N3. The second-order valence-corrected chi connectivity index (χ2v) is 4.63. The molecule has 1 heterocycles. The van der Waals surface area contributed by atoms with Crippen molar-refractivity contribution < 1.29 is 13.2 Å². The maximum Gasteiger partial charge on any atom is 0.405 e. The highest BCUT2D eigenvalue weighted by molar-refractivity contribution is 6.00. The van der Waals surface area contributed by atoms with Crippen molar-refractivity contribution in [3.8, 4) is 0 Å². The Morgan fingerprint density at radius 1 is 1.20 bits per heavy atom. The van der Waals surface area contributed by atoms with Crippen LogP contribution in [0.1, 0.15) is 13.3 Å². The highest BCUT2D eigenvalue weighted by atomic mass is 19.4. The van der Waals surface area contributed by atoms with Gasteiger partial charge in [0, 0.05) is 41.1 Å². The predicted molar refractivity (Wildman–Crippen MR) is 74.7 cm³/mol. The topological polar surface area (TPSA) is 42.1 Å². The molecule has 0 radical (unpaired) electrons. The smallest absolute Gasteiger partial charge is 0.398 e. The molecule has 0 bridgehead atoms. The summed E-state index contributed by atoms with van der Waals surface area (Å²) in [5.74, 6) is 0. The van der Waals surface area contributed by atoms with Crippen LogP contribution in [0.15, 0.2) is 30.6 Å². The monoisotopic (exact) mass is 283 g/mol. The van der Waals surface area contributed by atoms with E-state index < -0.39 is 12.7 Å². The summed E-state index contributed by atoms with van der Waals surface area (Å²) in [6.07, 6.45) is -0.482. The summed E-state index contributed by atoms with van der Waals surface area (Å²) in [5.41, 5.74) is 6.91. The standard InChI is InChI=1S/C14H16F3N3/c1-2-7-20(9-14(15,16)17)13-4-3-12(18)10-5-6-19-8-11(10)13/h3-6,8H,2,7,9,18H2,1H3. The van der Waals surface area contributed by atoms with E-state index in [9.17, 15) is 13.2 Å². The summed E-state index contributed by atoms with van der Waals surface area (Å²) in [7, 11) is 0. The molecule has 0 unspecified atom stereocenters. The Morgan fingerprint density at radius 3 is 2.60 bits per heavy atom. The number of benzene rings is 1. The number of rotatable bonds is 4. The molecule has 108 valence electrons. The van der Waals surface area contributed by atoms with Gasteiger partial charge in [-0.3, -0.25) is 4.98 Å². The van der Waals surface area contributed by atoms with E-state index in [1.807, 2.05) is 6.92 Å². The number of nitrogens with zero attached hydrogens (tertiary/aromatic N) is 2. The molecule has 0 atom stereocenters. The van der Waals surface area contributed by atoms with Crippen LogP contribution in [0.5, 0.6) is 0 Å². The number of hydrogen-bond acceptors (Lipinski definition) is 3. The zero-order valence-electron chi connectivity index (χ0n) is 11.1. The fraction of sp³-hybridized carbons (Fsp3) is 0.357. The van der Waals surface area contributed by atoms with Gasteiger partial charge in [-0.1, -0.05) is 6.92 Å². The Kier molecular flexibility index (Phi) is 4.01. The molecule has 2 rings (SSSR count).